The van der Waals surface area contributed by atoms with Gasteiger partial charge in [0.1, 0.15) is 17.3 Å². The molecule has 2 heterocycles. The molecule has 2 aromatic carbocycles. The molecule has 0 saturated carbocycles. The molecule has 2 aliphatic heterocycles. The second-order valence-corrected chi connectivity index (χ2v) is 8.67. The lowest BCUT2D eigenvalue weighted by atomic mass is 9.86. The molecule has 6 heteroatoms. The highest BCUT2D eigenvalue weighted by Crippen LogP contribution is 2.36. The number of likely N-dealkylation sites (tertiary alicyclic amines) is 1. The predicted molar refractivity (Wildman–Crippen MR) is 114 cm³/mol. The Bertz CT molecular complexity index is 910. The van der Waals surface area contributed by atoms with Gasteiger partial charge in [-0.25, -0.2) is 8.78 Å². The van der Waals surface area contributed by atoms with Gasteiger partial charge in [0.25, 0.3) is 0 Å². The Labute approximate surface area is 177 Å². The van der Waals surface area contributed by atoms with E-state index in [0.29, 0.717) is 32.1 Å². The summed E-state index contributed by atoms with van der Waals surface area (Å²) in [7, 11) is 0. The summed E-state index contributed by atoms with van der Waals surface area (Å²) in [6, 6.07) is 10.2. The van der Waals surface area contributed by atoms with Gasteiger partial charge in [0.05, 0.1) is 11.7 Å². The predicted octanol–water partition coefficient (Wildman–Crippen LogP) is 4.28. The average Bonchev–Trinajstić information content (AvgIpc) is 2.58. The molecule has 0 aromatic heterocycles. The summed E-state index contributed by atoms with van der Waals surface area (Å²) in [5.41, 5.74) is 4.56. The first-order chi connectivity index (χ1) is 14.1. The molecule has 0 aliphatic carbocycles. The zero-order valence-corrected chi connectivity index (χ0v) is 18.0. The summed E-state index contributed by atoms with van der Waals surface area (Å²) in [6.07, 6.45) is 0. The van der Waals surface area contributed by atoms with Crippen molar-refractivity contribution in [1.29, 1.82) is 5.26 Å². The highest BCUT2D eigenvalue weighted by atomic mass is 19.1. The van der Waals surface area contributed by atoms with Crippen molar-refractivity contribution in [1.82, 2.24) is 4.90 Å². The minimum absolute atomic E-state index is 0.0867. The maximum atomic E-state index is 13.9. The number of hydrogen-bond donors (Lipinski definition) is 1. The molecule has 0 atom stereocenters. The van der Waals surface area contributed by atoms with Crippen molar-refractivity contribution in [3.8, 4) is 6.07 Å². The molecule has 0 radical (unpaired) electrons. The van der Waals surface area contributed by atoms with Crippen molar-refractivity contribution >= 4 is 5.69 Å². The molecule has 0 spiro atoms. The van der Waals surface area contributed by atoms with Crippen LogP contribution in [0.2, 0.25) is 0 Å². The fourth-order valence-electron chi connectivity index (χ4n) is 4.43. The number of halogens is 2. The number of aliphatic hydroxyl groups is 1. The molecule has 4 rings (SSSR count). The van der Waals surface area contributed by atoms with Crippen LogP contribution < -0.4 is 4.90 Å². The Morgan fingerprint density at radius 3 is 2.10 bits per heavy atom. The van der Waals surface area contributed by atoms with Gasteiger partial charge in [0.2, 0.25) is 0 Å². The molecule has 30 heavy (non-hydrogen) atoms. The van der Waals surface area contributed by atoms with E-state index in [0.717, 1.165) is 6.54 Å². The first kappa shape index (κ1) is 22.2. The Kier molecular flexibility index (Phi) is 6.44. The number of aryl methyl sites for hydroxylation is 2. The molecule has 0 amide bonds. The van der Waals surface area contributed by atoms with Gasteiger partial charge in [-0.2, -0.15) is 5.26 Å². The Balaban J connectivity index is 0.000000806. The monoisotopic (exact) mass is 413 g/mol. The van der Waals surface area contributed by atoms with E-state index in [2.05, 4.69) is 30.9 Å². The molecule has 4 nitrogen and oxygen atoms in total. The SMILES string of the molecule is CC#N.Cc1cc(C2CN(c3c(F)cccc3F)C2)cc(C)c1CN1CC(C)(O)C1. The maximum absolute atomic E-state index is 13.9. The third kappa shape index (κ3) is 4.63. The van der Waals surface area contributed by atoms with Gasteiger partial charge in [-0.05, 0) is 55.2 Å². The highest BCUT2D eigenvalue weighted by molar-refractivity contribution is 5.54. The topological polar surface area (TPSA) is 50.5 Å². The van der Waals surface area contributed by atoms with Crippen LogP contribution in [0.25, 0.3) is 0 Å². The molecule has 1 N–H and O–H groups in total. The summed E-state index contributed by atoms with van der Waals surface area (Å²) >= 11 is 0. The molecule has 0 bridgehead atoms. The number of nitrogens with zero attached hydrogens (tertiary/aromatic N) is 3. The van der Waals surface area contributed by atoms with Crippen LogP contribution in [0, 0.1) is 36.8 Å². The van der Waals surface area contributed by atoms with Crippen LogP contribution in [0.15, 0.2) is 30.3 Å². The van der Waals surface area contributed by atoms with Crippen LogP contribution >= 0.6 is 0 Å². The standard InChI is InChI=1S/C22H26F2N2O.C2H3N/c1-14-7-16(8-15(2)18(14)11-25-12-22(3,27)13-25)17-9-26(10-17)21-19(23)5-4-6-20(21)24;1-2-3/h4-8,17,27H,9-13H2,1-3H3;1H3. The van der Waals surface area contributed by atoms with Crippen LogP contribution in [0.3, 0.4) is 0 Å². The fraction of sp³-hybridized carbons (Fsp3) is 0.458. The molecule has 0 unspecified atom stereocenters. The molecule has 2 saturated heterocycles. The normalized spacial score (nSPS) is 18.0. The van der Waals surface area contributed by atoms with Gasteiger partial charge in [0, 0.05) is 45.6 Å². The lowest BCUT2D eigenvalue weighted by Gasteiger charge is -2.45. The summed E-state index contributed by atoms with van der Waals surface area (Å²) in [5.74, 6) is -0.705. The number of hydrogen-bond acceptors (Lipinski definition) is 4. The largest absolute Gasteiger partial charge is 0.388 e. The van der Waals surface area contributed by atoms with Gasteiger partial charge in [-0.15, -0.1) is 0 Å². The minimum Gasteiger partial charge on any atom is -0.388 e. The average molecular weight is 414 g/mol. The van der Waals surface area contributed by atoms with E-state index < -0.39 is 17.2 Å². The molecular formula is C24H29F2N3O. The lowest BCUT2D eigenvalue weighted by molar-refractivity contribution is -0.0872. The van der Waals surface area contributed by atoms with Gasteiger partial charge in [-0.3, -0.25) is 4.90 Å². The summed E-state index contributed by atoms with van der Waals surface area (Å²) in [4.78, 5) is 4.02. The zero-order chi connectivity index (χ0) is 22.1. The molecule has 2 aliphatic rings. The molecule has 160 valence electrons. The zero-order valence-electron chi connectivity index (χ0n) is 18.0. The highest BCUT2D eigenvalue weighted by Gasteiger charge is 2.37. The van der Waals surface area contributed by atoms with Crippen molar-refractivity contribution in [3.63, 3.8) is 0 Å². The summed E-state index contributed by atoms with van der Waals surface area (Å²) in [5, 5.41) is 17.2. The van der Waals surface area contributed by atoms with Crippen LogP contribution in [0.1, 0.15) is 42.0 Å². The van der Waals surface area contributed by atoms with Crippen LogP contribution in [0.5, 0.6) is 0 Å². The quantitative estimate of drug-likeness (QED) is 0.813. The van der Waals surface area contributed by atoms with E-state index in [9.17, 15) is 13.9 Å². The maximum Gasteiger partial charge on any atom is 0.149 e. The van der Waals surface area contributed by atoms with Crippen LogP contribution in [-0.2, 0) is 6.54 Å². The molecule has 2 fully saturated rings. The number of β-amino-alcohol motifs (C(OH)–C–C–N with tert-alkyl or cyclic N) is 1. The fourth-order valence-corrected chi connectivity index (χ4v) is 4.43. The lowest BCUT2D eigenvalue weighted by Crippen LogP contribution is -2.59. The van der Waals surface area contributed by atoms with Gasteiger partial charge in [-0.1, -0.05) is 18.2 Å². The number of rotatable bonds is 4. The summed E-state index contributed by atoms with van der Waals surface area (Å²) < 4.78 is 27.9. The molecular weight excluding hydrogens is 384 g/mol. The minimum atomic E-state index is -0.556. The first-order valence-corrected chi connectivity index (χ1v) is 10.2. The Morgan fingerprint density at radius 2 is 1.63 bits per heavy atom. The van der Waals surface area contributed by atoms with E-state index in [1.807, 2.05) is 6.92 Å². The van der Waals surface area contributed by atoms with Crippen molar-refractivity contribution < 1.29 is 13.9 Å². The smallest absolute Gasteiger partial charge is 0.149 e. The van der Waals surface area contributed by atoms with E-state index >= 15 is 0 Å². The number of nitriles is 1. The summed E-state index contributed by atoms with van der Waals surface area (Å²) in [6.45, 7) is 11.1. The van der Waals surface area contributed by atoms with Crippen molar-refractivity contribution in [2.45, 2.75) is 45.8 Å². The van der Waals surface area contributed by atoms with E-state index in [1.165, 1.54) is 47.4 Å². The van der Waals surface area contributed by atoms with Crippen molar-refractivity contribution in [3.05, 3.63) is 64.2 Å². The van der Waals surface area contributed by atoms with E-state index in [1.54, 1.807) is 11.0 Å². The number of para-hydroxylation sites is 1. The van der Waals surface area contributed by atoms with Crippen molar-refractivity contribution in [2.75, 3.05) is 31.1 Å². The van der Waals surface area contributed by atoms with Gasteiger partial charge >= 0.3 is 0 Å². The van der Waals surface area contributed by atoms with Gasteiger partial charge in [0.15, 0.2) is 0 Å². The third-order valence-electron chi connectivity index (χ3n) is 5.84. The Morgan fingerprint density at radius 1 is 1.13 bits per heavy atom. The van der Waals surface area contributed by atoms with Gasteiger partial charge < -0.3 is 10.0 Å². The van der Waals surface area contributed by atoms with Crippen molar-refractivity contribution in [2.24, 2.45) is 0 Å². The second-order valence-electron chi connectivity index (χ2n) is 8.67. The Hall–Kier alpha value is -2.49. The van der Waals surface area contributed by atoms with E-state index in [-0.39, 0.29) is 5.69 Å². The van der Waals surface area contributed by atoms with Crippen LogP contribution in [-0.4, -0.2) is 41.8 Å². The first-order valence-electron chi connectivity index (χ1n) is 10.2. The second kappa shape index (κ2) is 8.71. The number of anilines is 1. The van der Waals surface area contributed by atoms with E-state index in [4.69, 9.17) is 5.26 Å². The van der Waals surface area contributed by atoms with Crippen LogP contribution in [0.4, 0.5) is 14.5 Å². The molecule has 2 aromatic rings. The third-order valence-corrected chi connectivity index (χ3v) is 5.84. The number of benzene rings is 2.